The highest BCUT2D eigenvalue weighted by Gasteiger charge is 2.33. The van der Waals surface area contributed by atoms with Gasteiger partial charge in [-0.1, -0.05) is 6.42 Å². The number of halogens is 2. The van der Waals surface area contributed by atoms with Crippen molar-refractivity contribution in [3.05, 3.63) is 33.1 Å². The van der Waals surface area contributed by atoms with Crippen molar-refractivity contribution < 1.29 is 17.6 Å². The van der Waals surface area contributed by atoms with Crippen molar-refractivity contribution in [2.75, 3.05) is 6.26 Å². The number of Topliss-reactive ketones (excluding diaryl/α,β-unsaturated/α-hetero) is 1. The van der Waals surface area contributed by atoms with Crippen molar-refractivity contribution in [3.8, 4) is 0 Å². The van der Waals surface area contributed by atoms with Crippen LogP contribution in [0.1, 0.15) is 36.0 Å². The van der Waals surface area contributed by atoms with Gasteiger partial charge in [0.2, 0.25) is 0 Å². The number of ketones is 1. The number of sulfone groups is 1. The third kappa shape index (κ3) is 3.58. The van der Waals surface area contributed by atoms with E-state index in [1.165, 1.54) is 24.5 Å². The van der Waals surface area contributed by atoms with E-state index in [0.717, 1.165) is 6.42 Å². The summed E-state index contributed by atoms with van der Waals surface area (Å²) in [5.74, 6) is -0.714. The molecule has 6 heteroatoms. The van der Waals surface area contributed by atoms with Gasteiger partial charge in [0.25, 0.3) is 0 Å². The molecule has 0 heterocycles. The molecule has 1 saturated carbocycles. The van der Waals surface area contributed by atoms with E-state index in [2.05, 4.69) is 0 Å². The second-order valence-corrected chi connectivity index (χ2v) is 8.79. The Balaban J connectivity index is 2.21. The Morgan fingerprint density at radius 1 is 1.35 bits per heavy atom. The lowest BCUT2D eigenvalue weighted by atomic mass is 9.83. The summed E-state index contributed by atoms with van der Waals surface area (Å²) in [6, 6.07) is 4.08. The summed E-state index contributed by atoms with van der Waals surface area (Å²) in [5.41, 5.74) is 0.492. The summed E-state index contributed by atoms with van der Waals surface area (Å²) in [6.07, 6.45) is 3.69. The number of benzene rings is 1. The third-order valence-corrected chi connectivity index (χ3v) is 6.33. The second-order valence-electron chi connectivity index (χ2n) is 5.30. The molecule has 1 aromatic carbocycles. The first-order chi connectivity index (χ1) is 9.29. The molecule has 2 rings (SSSR count). The molecule has 0 aromatic heterocycles. The number of hydrogen-bond acceptors (Lipinski definition) is 3. The maximum atomic E-state index is 13.1. The Morgan fingerprint density at radius 3 is 2.65 bits per heavy atom. The van der Waals surface area contributed by atoms with Gasteiger partial charge in [-0.2, -0.15) is 0 Å². The van der Waals surface area contributed by atoms with Crippen molar-refractivity contribution in [2.24, 2.45) is 5.92 Å². The number of hydrogen-bond donors (Lipinski definition) is 0. The zero-order valence-electron chi connectivity index (χ0n) is 11.1. The van der Waals surface area contributed by atoms with Gasteiger partial charge in [-0.25, -0.2) is 12.8 Å². The molecular formula is C14H16FIO3S. The molecule has 0 amide bonds. The monoisotopic (exact) mass is 410 g/mol. The molecular weight excluding hydrogens is 394 g/mol. The highest BCUT2D eigenvalue weighted by Crippen LogP contribution is 2.31. The molecule has 0 aliphatic heterocycles. The van der Waals surface area contributed by atoms with Crippen LogP contribution >= 0.6 is 22.6 Å². The largest absolute Gasteiger partial charge is 0.294 e. The fourth-order valence-electron chi connectivity index (χ4n) is 2.68. The van der Waals surface area contributed by atoms with E-state index in [1.54, 1.807) is 0 Å². The van der Waals surface area contributed by atoms with Gasteiger partial charge in [0.05, 0.1) is 5.25 Å². The van der Waals surface area contributed by atoms with Crippen molar-refractivity contribution in [2.45, 2.75) is 30.9 Å². The van der Waals surface area contributed by atoms with Gasteiger partial charge in [-0.15, -0.1) is 0 Å². The first kappa shape index (κ1) is 15.9. The van der Waals surface area contributed by atoms with Gasteiger partial charge in [0.1, 0.15) is 15.7 Å². The number of carbonyl (C=O) groups excluding carboxylic acids is 1. The van der Waals surface area contributed by atoms with Crippen LogP contribution in [0.2, 0.25) is 0 Å². The van der Waals surface area contributed by atoms with Crippen molar-refractivity contribution in [1.29, 1.82) is 0 Å². The minimum absolute atomic E-state index is 0.0669. The summed E-state index contributed by atoms with van der Waals surface area (Å²) < 4.78 is 36.9. The molecule has 2 atom stereocenters. The molecule has 0 spiro atoms. The van der Waals surface area contributed by atoms with Crippen LogP contribution < -0.4 is 0 Å². The lowest BCUT2D eigenvalue weighted by Gasteiger charge is -2.27. The van der Waals surface area contributed by atoms with Crippen LogP contribution in [0.25, 0.3) is 0 Å². The van der Waals surface area contributed by atoms with Gasteiger partial charge in [-0.05, 0) is 60.1 Å². The quantitative estimate of drug-likeness (QED) is 0.568. The molecule has 0 N–H and O–H groups in total. The average Bonchev–Trinajstić information content (AvgIpc) is 2.37. The molecule has 0 radical (unpaired) electrons. The summed E-state index contributed by atoms with van der Waals surface area (Å²) >= 11 is 1.94. The molecule has 3 nitrogen and oxygen atoms in total. The molecule has 1 aliphatic rings. The van der Waals surface area contributed by atoms with E-state index >= 15 is 0 Å². The van der Waals surface area contributed by atoms with Crippen LogP contribution in [0.4, 0.5) is 4.39 Å². The van der Waals surface area contributed by atoms with E-state index in [4.69, 9.17) is 0 Å². The fourth-order valence-corrected chi connectivity index (χ4v) is 4.60. The van der Waals surface area contributed by atoms with Crippen LogP contribution in [-0.2, 0) is 9.84 Å². The minimum atomic E-state index is -3.11. The van der Waals surface area contributed by atoms with Crippen molar-refractivity contribution >= 4 is 38.2 Å². The maximum Gasteiger partial charge on any atom is 0.167 e. The molecule has 20 heavy (non-hydrogen) atoms. The average molecular weight is 410 g/mol. The fraction of sp³-hybridized carbons (Fsp3) is 0.500. The Labute approximate surface area is 132 Å². The molecule has 0 bridgehead atoms. The van der Waals surface area contributed by atoms with Gasteiger partial charge < -0.3 is 0 Å². The minimum Gasteiger partial charge on any atom is -0.294 e. The van der Waals surface area contributed by atoms with Crippen LogP contribution in [0.3, 0.4) is 0 Å². The molecule has 2 unspecified atom stereocenters. The third-order valence-electron chi connectivity index (χ3n) is 3.80. The molecule has 110 valence electrons. The molecule has 1 aromatic rings. The second kappa shape index (κ2) is 6.09. The normalized spacial score (nSPS) is 23.6. The van der Waals surface area contributed by atoms with Crippen LogP contribution in [0, 0.1) is 15.3 Å². The van der Waals surface area contributed by atoms with E-state index in [1.807, 2.05) is 22.6 Å². The lowest BCUT2D eigenvalue weighted by Crippen LogP contribution is -2.31. The van der Waals surface area contributed by atoms with Gasteiger partial charge in [0.15, 0.2) is 5.78 Å². The number of carbonyl (C=O) groups is 1. The van der Waals surface area contributed by atoms with Crippen LogP contribution in [0.5, 0.6) is 0 Å². The Kier molecular flexibility index (Phi) is 4.84. The Bertz CT molecular complexity index is 627. The predicted octanol–water partition coefficient (Wildman–Crippen LogP) is 3.22. The van der Waals surface area contributed by atoms with Crippen molar-refractivity contribution in [3.63, 3.8) is 0 Å². The Hall–Kier alpha value is -0.500. The lowest BCUT2D eigenvalue weighted by molar-refractivity contribution is 0.0890. The van der Waals surface area contributed by atoms with Gasteiger partial charge >= 0.3 is 0 Å². The molecule has 1 aliphatic carbocycles. The summed E-state index contributed by atoms with van der Waals surface area (Å²) in [6.45, 7) is 0. The van der Waals surface area contributed by atoms with Gasteiger partial charge in [0, 0.05) is 21.3 Å². The van der Waals surface area contributed by atoms with Crippen LogP contribution in [-0.4, -0.2) is 25.7 Å². The smallest absolute Gasteiger partial charge is 0.167 e. The van der Waals surface area contributed by atoms with E-state index < -0.39 is 15.1 Å². The first-order valence-electron chi connectivity index (χ1n) is 6.47. The summed E-state index contributed by atoms with van der Waals surface area (Å²) in [7, 11) is -3.11. The highest BCUT2D eigenvalue weighted by atomic mass is 127. The van der Waals surface area contributed by atoms with E-state index in [9.17, 15) is 17.6 Å². The van der Waals surface area contributed by atoms with Crippen LogP contribution in [0.15, 0.2) is 18.2 Å². The Morgan fingerprint density at radius 2 is 2.05 bits per heavy atom. The SMILES string of the molecule is CS(=O)(=O)C1CCCC(C(=O)c2ccc(F)cc2I)C1. The zero-order valence-corrected chi connectivity index (χ0v) is 14.1. The molecule has 0 saturated heterocycles. The summed E-state index contributed by atoms with van der Waals surface area (Å²) in [4.78, 5) is 12.5. The number of rotatable bonds is 3. The first-order valence-corrected chi connectivity index (χ1v) is 9.50. The van der Waals surface area contributed by atoms with E-state index in [0.29, 0.717) is 28.4 Å². The predicted molar refractivity (Wildman–Crippen MR) is 84.0 cm³/mol. The van der Waals surface area contributed by atoms with E-state index in [-0.39, 0.29) is 17.5 Å². The zero-order chi connectivity index (χ0) is 14.9. The van der Waals surface area contributed by atoms with Crippen molar-refractivity contribution in [1.82, 2.24) is 0 Å². The standard InChI is InChI=1S/C14H16FIO3S/c1-20(18,19)11-4-2-3-9(7-11)14(17)12-6-5-10(15)8-13(12)16/h5-6,8-9,11H,2-4,7H2,1H3. The maximum absolute atomic E-state index is 13.1. The highest BCUT2D eigenvalue weighted by molar-refractivity contribution is 14.1. The van der Waals surface area contributed by atoms with Gasteiger partial charge in [-0.3, -0.25) is 4.79 Å². The molecule has 1 fully saturated rings. The summed E-state index contributed by atoms with van der Waals surface area (Å²) in [5, 5.41) is -0.427. The topological polar surface area (TPSA) is 51.2 Å².